The highest BCUT2D eigenvalue weighted by atomic mass is 16.5. The van der Waals surface area contributed by atoms with Gasteiger partial charge in [0.15, 0.2) is 5.82 Å². The van der Waals surface area contributed by atoms with E-state index < -0.39 is 6.04 Å². The van der Waals surface area contributed by atoms with Gasteiger partial charge in [-0.1, -0.05) is 18.2 Å². The molecule has 10 nitrogen and oxygen atoms in total. The molecule has 0 saturated carbocycles. The number of hydrogen-bond donors (Lipinski definition) is 1. The summed E-state index contributed by atoms with van der Waals surface area (Å²) >= 11 is 0. The highest BCUT2D eigenvalue weighted by molar-refractivity contribution is 5.80. The van der Waals surface area contributed by atoms with Gasteiger partial charge in [-0.2, -0.15) is 0 Å². The van der Waals surface area contributed by atoms with Crippen molar-refractivity contribution in [1.29, 1.82) is 0 Å². The minimum absolute atomic E-state index is 0.0805. The van der Waals surface area contributed by atoms with Crippen LogP contribution in [0.1, 0.15) is 30.3 Å². The van der Waals surface area contributed by atoms with Crippen molar-refractivity contribution in [2.75, 3.05) is 44.8 Å². The Kier molecular flexibility index (Phi) is 6.58. The number of aromatic amines is 1. The fourth-order valence-electron chi connectivity index (χ4n) is 5.43. The molecule has 0 amide bonds. The lowest BCUT2D eigenvalue weighted by Crippen LogP contribution is -2.49. The number of ether oxygens (including phenoxy) is 2. The van der Waals surface area contributed by atoms with E-state index in [1.807, 2.05) is 35.0 Å². The Labute approximate surface area is 214 Å². The molecule has 0 aliphatic carbocycles. The van der Waals surface area contributed by atoms with Gasteiger partial charge in [0.05, 0.1) is 19.8 Å². The Bertz CT molecular complexity index is 1410. The molecule has 37 heavy (non-hydrogen) atoms. The zero-order chi connectivity index (χ0) is 25.2. The van der Waals surface area contributed by atoms with Crippen LogP contribution < -0.4 is 15.2 Å². The molecule has 2 fully saturated rings. The number of para-hydroxylation sites is 1. The van der Waals surface area contributed by atoms with Gasteiger partial charge in [0, 0.05) is 54.9 Å². The van der Waals surface area contributed by atoms with Crippen molar-refractivity contribution in [2.24, 2.45) is 0 Å². The quantitative estimate of drug-likeness (QED) is 0.413. The second kappa shape index (κ2) is 10.3. The molecular formula is C27H31N7O3. The first kappa shape index (κ1) is 23.6. The molecule has 0 radical (unpaired) electrons. The number of rotatable bonds is 7. The molecule has 4 heterocycles. The number of anilines is 1. The molecule has 0 spiro atoms. The third-order valence-electron chi connectivity index (χ3n) is 7.38. The van der Waals surface area contributed by atoms with E-state index in [2.05, 4.69) is 54.6 Å². The van der Waals surface area contributed by atoms with Crippen molar-refractivity contribution in [3.63, 3.8) is 0 Å². The standard InChI is InChI=1S/C27H31N7O3/c1-36-21-9-10-24-19(16-21)17-23(27(35)28-24)25(26-29-30-31-34(26)18-22-8-5-15-37-22)33-13-11-32(12-14-33)20-6-3-2-4-7-20/h2-4,6-7,9-10,16-17,22,25H,5,8,11-15,18H2,1H3,(H,28,35)/t22-,25+/m1/s1. The molecule has 2 atom stereocenters. The molecule has 192 valence electrons. The smallest absolute Gasteiger partial charge is 0.253 e. The Morgan fingerprint density at radius 1 is 1.11 bits per heavy atom. The maximum atomic E-state index is 13.5. The maximum Gasteiger partial charge on any atom is 0.253 e. The minimum Gasteiger partial charge on any atom is -0.497 e. The highest BCUT2D eigenvalue weighted by Gasteiger charge is 2.33. The van der Waals surface area contributed by atoms with Crippen LogP contribution in [0.3, 0.4) is 0 Å². The van der Waals surface area contributed by atoms with E-state index in [1.54, 1.807) is 7.11 Å². The summed E-state index contributed by atoms with van der Waals surface area (Å²) in [5.74, 6) is 1.40. The van der Waals surface area contributed by atoms with Crippen LogP contribution >= 0.6 is 0 Å². The first-order valence-electron chi connectivity index (χ1n) is 12.8. The SMILES string of the molecule is COc1ccc2[nH]c(=O)c([C@@H](c3nnnn3C[C@H]3CCCO3)N3CCN(c4ccccc4)CC3)cc2c1. The van der Waals surface area contributed by atoms with Gasteiger partial charge in [-0.15, -0.1) is 5.10 Å². The number of nitrogens with zero attached hydrogens (tertiary/aromatic N) is 6. The van der Waals surface area contributed by atoms with Crippen molar-refractivity contribution in [3.05, 3.63) is 76.3 Å². The molecule has 1 N–H and O–H groups in total. The molecule has 0 unspecified atom stereocenters. The normalized spacial score (nSPS) is 19.4. The van der Waals surface area contributed by atoms with Gasteiger partial charge in [0.25, 0.3) is 5.56 Å². The van der Waals surface area contributed by atoms with Crippen LogP contribution in [0.5, 0.6) is 5.75 Å². The summed E-state index contributed by atoms with van der Waals surface area (Å²) in [7, 11) is 1.64. The van der Waals surface area contributed by atoms with Crippen LogP contribution in [0.15, 0.2) is 59.4 Å². The molecule has 2 aliphatic rings. The average molecular weight is 502 g/mol. The number of nitrogens with one attached hydrogen (secondary N) is 1. The number of aromatic nitrogens is 5. The average Bonchev–Trinajstić information content (AvgIpc) is 3.63. The number of hydrogen-bond acceptors (Lipinski definition) is 8. The van der Waals surface area contributed by atoms with E-state index >= 15 is 0 Å². The highest BCUT2D eigenvalue weighted by Crippen LogP contribution is 2.30. The van der Waals surface area contributed by atoms with E-state index in [0.717, 1.165) is 62.3 Å². The van der Waals surface area contributed by atoms with Crippen LogP contribution in [0, 0.1) is 0 Å². The van der Waals surface area contributed by atoms with E-state index in [0.29, 0.717) is 17.9 Å². The maximum absolute atomic E-state index is 13.5. The lowest BCUT2D eigenvalue weighted by Gasteiger charge is -2.39. The predicted molar refractivity (Wildman–Crippen MR) is 140 cm³/mol. The largest absolute Gasteiger partial charge is 0.497 e. The first-order chi connectivity index (χ1) is 18.2. The molecule has 2 aliphatic heterocycles. The molecule has 10 heteroatoms. The number of methoxy groups -OCH3 is 1. The predicted octanol–water partition coefficient (Wildman–Crippen LogP) is 2.61. The lowest BCUT2D eigenvalue weighted by molar-refractivity contribution is 0.0906. The topological polar surface area (TPSA) is 101 Å². The summed E-state index contributed by atoms with van der Waals surface area (Å²) < 4.78 is 13.1. The van der Waals surface area contributed by atoms with Crippen molar-refractivity contribution < 1.29 is 9.47 Å². The Balaban J connectivity index is 1.38. The van der Waals surface area contributed by atoms with Gasteiger partial charge in [0.2, 0.25) is 0 Å². The number of pyridine rings is 1. The summed E-state index contributed by atoms with van der Waals surface area (Å²) in [6.07, 6.45) is 2.10. The van der Waals surface area contributed by atoms with Gasteiger partial charge in [0.1, 0.15) is 11.8 Å². The fraction of sp³-hybridized carbons (Fsp3) is 0.407. The Morgan fingerprint density at radius 3 is 2.70 bits per heavy atom. The summed E-state index contributed by atoms with van der Waals surface area (Å²) in [5.41, 5.74) is 2.45. The Hall–Kier alpha value is -3.76. The van der Waals surface area contributed by atoms with Crippen molar-refractivity contribution in [2.45, 2.75) is 31.5 Å². The number of H-pyrrole nitrogens is 1. The lowest BCUT2D eigenvalue weighted by atomic mass is 10.0. The minimum atomic E-state index is -0.395. The number of benzene rings is 2. The molecule has 2 aromatic heterocycles. The van der Waals surface area contributed by atoms with Gasteiger partial charge in [-0.3, -0.25) is 9.69 Å². The fourth-order valence-corrected chi connectivity index (χ4v) is 5.43. The second-order valence-corrected chi connectivity index (χ2v) is 9.62. The Morgan fingerprint density at radius 2 is 1.95 bits per heavy atom. The molecule has 0 bridgehead atoms. The monoisotopic (exact) mass is 501 g/mol. The molecule has 4 aromatic rings. The number of tetrazole rings is 1. The first-order valence-corrected chi connectivity index (χ1v) is 12.8. The summed E-state index contributed by atoms with van der Waals surface area (Å²) in [6.45, 7) is 4.55. The van der Waals surface area contributed by atoms with E-state index in [4.69, 9.17) is 9.47 Å². The third-order valence-corrected chi connectivity index (χ3v) is 7.38. The van der Waals surface area contributed by atoms with Crippen molar-refractivity contribution in [3.8, 4) is 5.75 Å². The van der Waals surface area contributed by atoms with Crippen LogP contribution in [0.2, 0.25) is 0 Å². The van der Waals surface area contributed by atoms with Gasteiger partial charge in [-0.25, -0.2) is 4.68 Å². The second-order valence-electron chi connectivity index (χ2n) is 9.62. The van der Waals surface area contributed by atoms with Gasteiger partial charge in [-0.05, 0) is 59.7 Å². The zero-order valence-electron chi connectivity index (χ0n) is 20.9. The van der Waals surface area contributed by atoms with Crippen LogP contribution in [0.25, 0.3) is 10.9 Å². The van der Waals surface area contributed by atoms with Crippen LogP contribution in [-0.2, 0) is 11.3 Å². The molecule has 2 saturated heterocycles. The zero-order valence-corrected chi connectivity index (χ0v) is 20.9. The van der Waals surface area contributed by atoms with Crippen LogP contribution in [-0.4, -0.2) is 76.1 Å². The molecular weight excluding hydrogens is 470 g/mol. The van der Waals surface area contributed by atoms with Gasteiger partial charge < -0.3 is 19.4 Å². The number of piperazine rings is 1. The summed E-state index contributed by atoms with van der Waals surface area (Å²) in [5, 5.41) is 13.7. The third kappa shape index (κ3) is 4.82. The van der Waals surface area contributed by atoms with Crippen molar-refractivity contribution in [1.82, 2.24) is 30.1 Å². The van der Waals surface area contributed by atoms with Crippen LogP contribution in [0.4, 0.5) is 5.69 Å². The summed E-state index contributed by atoms with van der Waals surface area (Å²) in [6, 6.07) is 17.6. The van der Waals surface area contributed by atoms with Crippen molar-refractivity contribution >= 4 is 16.6 Å². The van der Waals surface area contributed by atoms with E-state index in [9.17, 15) is 4.79 Å². The van der Waals surface area contributed by atoms with E-state index in [1.165, 1.54) is 5.69 Å². The van der Waals surface area contributed by atoms with Gasteiger partial charge >= 0.3 is 0 Å². The van der Waals surface area contributed by atoms with E-state index in [-0.39, 0.29) is 11.7 Å². The number of fused-ring (bicyclic) bond motifs is 1. The summed E-state index contributed by atoms with van der Waals surface area (Å²) in [4.78, 5) is 21.2. The molecule has 6 rings (SSSR count). The molecule has 2 aromatic carbocycles.